The fourth-order valence-electron chi connectivity index (χ4n) is 2.64. The monoisotopic (exact) mass is 337 g/mol. The molecule has 3 rings (SSSR count). The molecule has 1 unspecified atom stereocenters. The van der Waals surface area contributed by atoms with Crippen LogP contribution in [-0.4, -0.2) is 15.9 Å². The summed E-state index contributed by atoms with van der Waals surface area (Å²) in [7, 11) is 0. The Kier molecular flexibility index (Phi) is 4.06. The Morgan fingerprint density at radius 1 is 1.17 bits per heavy atom. The van der Waals surface area contributed by atoms with E-state index in [0.717, 1.165) is 6.07 Å². The number of hydrogen-bond acceptors (Lipinski definition) is 4. The van der Waals surface area contributed by atoms with Crippen LogP contribution in [0.5, 0.6) is 0 Å². The lowest BCUT2D eigenvalue weighted by molar-refractivity contribution is 0.446. The number of aliphatic imine (C=N–C) groups is 1. The number of benzene rings is 1. The highest BCUT2D eigenvalue weighted by Crippen LogP contribution is 2.39. The third-order valence-electron chi connectivity index (χ3n) is 3.88. The number of amidine groups is 1. The topological polar surface area (TPSA) is 51.3 Å². The van der Waals surface area contributed by atoms with Crippen LogP contribution in [-0.2, 0) is 5.54 Å². The first-order valence-corrected chi connectivity index (χ1v) is 7.98. The molecule has 0 saturated heterocycles. The van der Waals surface area contributed by atoms with Crippen LogP contribution >= 0.6 is 11.8 Å². The fraction of sp³-hybridized carbons (Fsp3) is 0.250. The molecule has 0 radical (unpaired) electrons. The zero-order valence-electron chi connectivity index (χ0n) is 12.3. The number of thioether (sulfide) groups is 1. The van der Waals surface area contributed by atoms with Crippen molar-refractivity contribution in [1.82, 2.24) is 4.98 Å². The Bertz CT molecular complexity index is 794. The molecule has 1 aliphatic rings. The minimum atomic E-state index is -0.902. The molecule has 120 valence electrons. The maximum atomic E-state index is 14.3. The molecule has 0 amide bonds. The minimum absolute atomic E-state index is 0.0167. The van der Waals surface area contributed by atoms with Crippen molar-refractivity contribution in [2.75, 3.05) is 5.75 Å². The minimum Gasteiger partial charge on any atom is -0.379 e. The van der Waals surface area contributed by atoms with Crippen LogP contribution in [0.25, 0.3) is 11.1 Å². The molecule has 23 heavy (non-hydrogen) atoms. The average Bonchev–Trinajstić information content (AvgIpc) is 2.48. The van der Waals surface area contributed by atoms with Gasteiger partial charge in [-0.2, -0.15) is 4.39 Å². The fourth-order valence-corrected chi connectivity index (χ4v) is 3.61. The molecular weight excluding hydrogens is 323 g/mol. The van der Waals surface area contributed by atoms with Crippen LogP contribution < -0.4 is 5.73 Å². The van der Waals surface area contributed by atoms with Gasteiger partial charge >= 0.3 is 0 Å². The lowest BCUT2D eigenvalue weighted by atomic mass is 9.87. The largest absolute Gasteiger partial charge is 0.379 e. The quantitative estimate of drug-likeness (QED) is 0.847. The van der Waals surface area contributed by atoms with Crippen molar-refractivity contribution >= 4 is 16.9 Å². The number of nitrogens with zero attached hydrogens (tertiary/aromatic N) is 2. The molecule has 0 aliphatic carbocycles. The van der Waals surface area contributed by atoms with Crippen LogP contribution in [0.15, 0.2) is 35.5 Å². The molecule has 3 nitrogen and oxygen atoms in total. The smallest absolute Gasteiger partial charge is 0.220 e. The van der Waals surface area contributed by atoms with Crippen LogP contribution in [0.2, 0.25) is 0 Å². The summed E-state index contributed by atoms with van der Waals surface area (Å²) in [5.74, 6) is -1.69. The van der Waals surface area contributed by atoms with Crippen LogP contribution in [0, 0.1) is 17.6 Å². The highest BCUT2D eigenvalue weighted by molar-refractivity contribution is 8.13. The van der Waals surface area contributed by atoms with E-state index in [1.165, 1.54) is 36.2 Å². The van der Waals surface area contributed by atoms with E-state index < -0.39 is 23.1 Å². The van der Waals surface area contributed by atoms with Crippen LogP contribution in [0.4, 0.5) is 13.2 Å². The molecule has 1 aliphatic heterocycles. The molecule has 0 saturated carbocycles. The van der Waals surface area contributed by atoms with Crippen molar-refractivity contribution in [2.45, 2.75) is 18.9 Å². The zero-order chi connectivity index (χ0) is 16.6. The third kappa shape index (κ3) is 2.93. The summed E-state index contributed by atoms with van der Waals surface area (Å²) in [5.41, 5.74) is 4.98. The lowest BCUT2D eigenvalue weighted by Crippen LogP contribution is -2.29. The predicted octanol–water partition coefficient (Wildman–Crippen LogP) is 3.83. The summed E-state index contributed by atoms with van der Waals surface area (Å²) in [4.78, 5) is 7.83. The molecule has 2 N–H and O–H groups in total. The Morgan fingerprint density at radius 3 is 2.65 bits per heavy atom. The average molecular weight is 337 g/mol. The van der Waals surface area contributed by atoms with Crippen molar-refractivity contribution < 1.29 is 13.2 Å². The molecule has 2 aromatic rings. The first-order chi connectivity index (χ1) is 10.9. The number of nitrogens with two attached hydrogens (primary N) is 1. The van der Waals surface area contributed by atoms with Gasteiger partial charge in [-0.3, -0.25) is 4.99 Å². The van der Waals surface area contributed by atoms with Gasteiger partial charge in [0.05, 0.1) is 5.54 Å². The summed E-state index contributed by atoms with van der Waals surface area (Å²) in [5, 5.41) is 0.358. The summed E-state index contributed by atoms with van der Waals surface area (Å²) in [6.07, 6.45) is 1.82. The molecule has 1 aromatic heterocycles. The van der Waals surface area contributed by atoms with E-state index in [1.807, 2.05) is 0 Å². The predicted molar refractivity (Wildman–Crippen MR) is 85.6 cm³/mol. The highest BCUT2D eigenvalue weighted by atomic mass is 32.2. The third-order valence-corrected chi connectivity index (χ3v) is 4.68. The molecule has 2 heterocycles. The van der Waals surface area contributed by atoms with Gasteiger partial charge in [0.15, 0.2) is 5.17 Å². The lowest BCUT2D eigenvalue weighted by Gasteiger charge is -2.30. The van der Waals surface area contributed by atoms with Crippen LogP contribution in [0.1, 0.15) is 18.9 Å². The molecule has 0 spiro atoms. The molecule has 1 atom stereocenters. The van der Waals surface area contributed by atoms with Gasteiger partial charge in [-0.25, -0.2) is 13.8 Å². The van der Waals surface area contributed by atoms with E-state index in [4.69, 9.17) is 5.73 Å². The number of pyridine rings is 1. The molecule has 0 fully saturated rings. The van der Waals surface area contributed by atoms with Gasteiger partial charge in [0.25, 0.3) is 0 Å². The van der Waals surface area contributed by atoms with Gasteiger partial charge in [-0.1, -0.05) is 11.8 Å². The summed E-state index contributed by atoms with van der Waals surface area (Å²) in [6.45, 7) is 1.74. The number of halogens is 3. The molecule has 0 bridgehead atoms. The van der Waals surface area contributed by atoms with E-state index in [-0.39, 0.29) is 16.7 Å². The summed E-state index contributed by atoms with van der Waals surface area (Å²) >= 11 is 1.39. The second-order valence-electron chi connectivity index (χ2n) is 5.48. The van der Waals surface area contributed by atoms with Gasteiger partial charge in [-0.15, -0.1) is 0 Å². The van der Waals surface area contributed by atoms with Crippen LogP contribution in [0.3, 0.4) is 0 Å². The Morgan fingerprint density at radius 2 is 1.96 bits per heavy atom. The Hall–Kier alpha value is -2.02. The maximum absolute atomic E-state index is 14.3. The molecular formula is C16H14F3N3S. The number of aromatic nitrogens is 1. The molecule has 1 aromatic carbocycles. The van der Waals surface area contributed by atoms with Crippen molar-refractivity contribution in [3.63, 3.8) is 0 Å². The SMILES string of the molecule is CC1(c2cc(-c3cccnc3F)c(F)cc2F)CCSC(N)=N1. The zero-order valence-corrected chi connectivity index (χ0v) is 13.1. The van der Waals surface area contributed by atoms with E-state index in [0.29, 0.717) is 17.3 Å². The van der Waals surface area contributed by atoms with Crippen molar-refractivity contribution in [2.24, 2.45) is 10.7 Å². The van der Waals surface area contributed by atoms with Crippen molar-refractivity contribution in [3.05, 3.63) is 53.6 Å². The summed E-state index contributed by atoms with van der Waals surface area (Å²) in [6, 6.07) is 4.96. The normalized spacial score (nSPS) is 21.1. The second kappa shape index (κ2) is 5.88. The van der Waals surface area contributed by atoms with E-state index in [9.17, 15) is 13.2 Å². The van der Waals surface area contributed by atoms with Crippen molar-refractivity contribution in [1.29, 1.82) is 0 Å². The van der Waals surface area contributed by atoms with E-state index in [2.05, 4.69) is 9.98 Å². The van der Waals surface area contributed by atoms with E-state index in [1.54, 1.807) is 6.92 Å². The first-order valence-electron chi connectivity index (χ1n) is 6.99. The van der Waals surface area contributed by atoms with Gasteiger partial charge in [-0.05, 0) is 31.5 Å². The van der Waals surface area contributed by atoms with Crippen molar-refractivity contribution in [3.8, 4) is 11.1 Å². The van der Waals surface area contributed by atoms with Gasteiger partial charge < -0.3 is 5.73 Å². The maximum Gasteiger partial charge on any atom is 0.220 e. The van der Waals surface area contributed by atoms with Gasteiger partial charge in [0, 0.05) is 34.7 Å². The van der Waals surface area contributed by atoms with E-state index >= 15 is 0 Å². The first kappa shape index (κ1) is 15.9. The number of rotatable bonds is 2. The van der Waals surface area contributed by atoms with Gasteiger partial charge in [0.2, 0.25) is 5.95 Å². The molecule has 7 heteroatoms. The summed E-state index contributed by atoms with van der Waals surface area (Å²) < 4.78 is 42.4. The second-order valence-corrected chi connectivity index (χ2v) is 6.59. The number of hydrogen-bond donors (Lipinski definition) is 1. The Labute approximate surface area is 135 Å². The van der Waals surface area contributed by atoms with Gasteiger partial charge in [0.1, 0.15) is 11.6 Å². The standard InChI is InChI=1S/C16H14F3N3S/c1-16(4-6-23-15(20)22-16)11-7-10(12(17)8-13(11)18)9-3-2-5-21-14(9)19/h2-3,5,7-8H,4,6H2,1H3,(H2,20,22). The Balaban J connectivity index is 2.19. The highest BCUT2D eigenvalue weighted by Gasteiger charge is 2.33.